The van der Waals surface area contributed by atoms with Gasteiger partial charge < -0.3 is 39.4 Å². The molecule has 0 spiro atoms. The molecule has 0 aromatic rings. The van der Waals surface area contributed by atoms with E-state index in [9.17, 15) is 25.2 Å². The van der Waals surface area contributed by atoms with E-state index in [1.54, 1.807) is 0 Å². The Morgan fingerprint density at radius 3 is 1.39 bits per heavy atom. The molecule has 4 N–H and O–H groups in total. The van der Waals surface area contributed by atoms with Crippen LogP contribution in [0.2, 0.25) is 0 Å². The molecular formula is C57H96O9. The number of hydrogen-bond acceptors (Lipinski definition) is 9. The zero-order valence-electron chi connectivity index (χ0n) is 41.7. The molecule has 6 unspecified atom stereocenters. The summed E-state index contributed by atoms with van der Waals surface area (Å²) in [6.45, 7) is 4.35. The Morgan fingerprint density at radius 2 is 0.924 bits per heavy atom. The van der Waals surface area contributed by atoms with E-state index in [0.29, 0.717) is 13.0 Å². The van der Waals surface area contributed by atoms with Crippen LogP contribution in [0.25, 0.3) is 0 Å². The molecule has 0 radical (unpaired) electrons. The minimum absolute atomic E-state index is 0.114. The molecule has 378 valence electrons. The highest BCUT2D eigenvalue weighted by molar-refractivity contribution is 5.69. The van der Waals surface area contributed by atoms with Crippen LogP contribution in [0.3, 0.4) is 0 Å². The number of aliphatic hydroxyl groups excluding tert-OH is 4. The quantitative estimate of drug-likeness (QED) is 0.0268. The third-order valence-corrected chi connectivity index (χ3v) is 11.5. The van der Waals surface area contributed by atoms with E-state index in [-0.39, 0.29) is 25.6 Å². The van der Waals surface area contributed by atoms with Crippen LogP contribution >= 0.6 is 0 Å². The molecule has 1 saturated heterocycles. The summed E-state index contributed by atoms with van der Waals surface area (Å²) in [6, 6.07) is 0. The molecule has 0 aromatic heterocycles. The van der Waals surface area contributed by atoms with Gasteiger partial charge in [-0.3, -0.25) is 4.79 Å². The molecule has 0 amide bonds. The zero-order chi connectivity index (χ0) is 47.8. The maximum absolute atomic E-state index is 12.8. The van der Waals surface area contributed by atoms with Gasteiger partial charge in [0.2, 0.25) is 0 Å². The second-order valence-electron chi connectivity index (χ2n) is 17.6. The molecule has 9 nitrogen and oxygen atoms in total. The van der Waals surface area contributed by atoms with Gasteiger partial charge in [-0.15, -0.1) is 0 Å². The lowest BCUT2D eigenvalue weighted by Crippen LogP contribution is -2.59. The highest BCUT2D eigenvalue weighted by Gasteiger charge is 2.44. The van der Waals surface area contributed by atoms with Crippen molar-refractivity contribution in [3.63, 3.8) is 0 Å². The van der Waals surface area contributed by atoms with Gasteiger partial charge in [-0.2, -0.15) is 0 Å². The predicted octanol–water partition coefficient (Wildman–Crippen LogP) is 13.1. The standard InChI is InChI=1S/C57H96O9/c1-3-5-7-9-11-13-15-17-19-21-22-23-24-25-26-27-28-29-31-33-35-37-39-41-43-45-47-63-49-51(50-64-57-56(62)55(61)54(60)52(48-58)66-57)65-53(59)46-44-42-40-38-36-34-32-30-20-18-16-14-12-10-8-6-4-2/h6,8,12,14-15,17-18,20-22,24-25,32,34,38,40,51-52,54-58,60-62H,3-5,7,9-11,13,16,19,23,26-31,33,35-37,39,41-50H2,1-2H3/b8-6-,14-12-,17-15-,20-18-,22-21-,25-24-,34-32-,40-38-. The average Bonchev–Trinajstić information content (AvgIpc) is 3.32. The molecule has 0 aromatic carbocycles. The summed E-state index contributed by atoms with van der Waals surface area (Å²) in [5.41, 5.74) is 0. The zero-order valence-corrected chi connectivity index (χ0v) is 41.7. The number of ether oxygens (including phenoxy) is 4. The molecule has 0 aliphatic carbocycles. The van der Waals surface area contributed by atoms with Gasteiger partial charge in [-0.05, 0) is 89.9 Å². The van der Waals surface area contributed by atoms with Gasteiger partial charge >= 0.3 is 5.97 Å². The molecule has 0 bridgehead atoms. The molecule has 1 rings (SSSR count). The first-order valence-electron chi connectivity index (χ1n) is 26.3. The minimum atomic E-state index is -1.55. The predicted molar refractivity (Wildman–Crippen MR) is 274 cm³/mol. The molecule has 6 atom stereocenters. The number of carbonyl (C=O) groups excluding carboxylic acids is 1. The Hall–Kier alpha value is -2.89. The molecule has 66 heavy (non-hydrogen) atoms. The van der Waals surface area contributed by atoms with Crippen LogP contribution in [0.4, 0.5) is 0 Å². The Morgan fingerprint density at radius 1 is 0.500 bits per heavy atom. The summed E-state index contributed by atoms with van der Waals surface area (Å²) in [5.74, 6) is -0.373. The molecular weight excluding hydrogens is 829 g/mol. The SMILES string of the molecule is CC/C=C\C/C=C\C/C=C\C/C=C\C/C=C\CCCC(=O)OC(COCCCCCCCCCCCCC/C=C\C/C=C\C/C=C\CCCCCCC)COC1OC(CO)C(O)C(O)C1O. The van der Waals surface area contributed by atoms with Crippen molar-refractivity contribution in [1.29, 1.82) is 0 Å². The maximum atomic E-state index is 12.8. The van der Waals surface area contributed by atoms with Crippen molar-refractivity contribution < 1.29 is 44.2 Å². The van der Waals surface area contributed by atoms with Crippen molar-refractivity contribution in [3.05, 3.63) is 97.2 Å². The fourth-order valence-corrected chi connectivity index (χ4v) is 7.42. The summed E-state index contributed by atoms with van der Waals surface area (Å²) in [7, 11) is 0. The van der Waals surface area contributed by atoms with Crippen molar-refractivity contribution in [2.45, 2.75) is 230 Å². The van der Waals surface area contributed by atoms with E-state index in [1.807, 2.05) is 0 Å². The number of carbonyl (C=O) groups is 1. The van der Waals surface area contributed by atoms with Gasteiger partial charge in [-0.25, -0.2) is 0 Å². The molecule has 1 aliphatic rings. The molecule has 1 heterocycles. The van der Waals surface area contributed by atoms with Crippen LogP contribution in [0.15, 0.2) is 97.2 Å². The van der Waals surface area contributed by atoms with Crippen molar-refractivity contribution >= 4 is 5.97 Å². The number of aliphatic hydroxyl groups is 4. The van der Waals surface area contributed by atoms with E-state index in [1.165, 1.54) is 96.3 Å². The van der Waals surface area contributed by atoms with Crippen molar-refractivity contribution in [2.24, 2.45) is 0 Å². The number of allylic oxidation sites excluding steroid dienone is 16. The molecule has 1 fully saturated rings. The summed E-state index contributed by atoms with van der Waals surface area (Å²) < 4.78 is 22.8. The van der Waals surface area contributed by atoms with Crippen LogP contribution in [-0.2, 0) is 23.7 Å². The van der Waals surface area contributed by atoms with E-state index in [2.05, 4.69) is 111 Å². The van der Waals surface area contributed by atoms with Crippen LogP contribution < -0.4 is 0 Å². The Kier molecular flexibility index (Phi) is 43.7. The third-order valence-electron chi connectivity index (χ3n) is 11.5. The summed E-state index contributed by atoms with van der Waals surface area (Å²) in [5, 5.41) is 40.2. The van der Waals surface area contributed by atoms with Crippen LogP contribution in [-0.4, -0.2) is 89.6 Å². The third kappa shape index (κ3) is 37.1. The fourth-order valence-electron chi connectivity index (χ4n) is 7.42. The monoisotopic (exact) mass is 925 g/mol. The number of hydrogen-bond donors (Lipinski definition) is 4. The minimum Gasteiger partial charge on any atom is -0.457 e. The van der Waals surface area contributed by atoms with Crippen LogP contribution in [0.1, 0.15) is 194 Å². The average molecular weight is 925 g/mol. The van der Waals surface area contributed by atoms with Crippen molar-refractivity contribution in [1.82, 2.24) is 0 Å². The summed E-state index contributed by atoms with van der Waals surface area (Å²) in [4.78, 5) is 12.8. The van der Waals surface area contributed by atoms with Crippen molar-refractivity contribution in [2.75, 3.05) is 26.4 Å². The number of rotatable bonds is 44. The molecule has 9 heteroatoms. The topological polar surface area (TPSA) is 135 Å². The Bertz CT molecular complexity index is 1330. The van der Waals surface area contributed by atoms with Crippen LogP contribution in [0, 0.1) is 0 Å². The normalized spacial score (nSPS) is 20.1. The van der Waals surface area contributed by atoms with E-state index in [0.717, 1.165) is 70.6 Å². The lowest BCUT2D eigenvalue weighted by atomic mass is 9.99. The Labute approximate surface area is 402 Å². The maximum Gasteiger partial charge on any atom is 0.306 e. The molecule has 0 saturated carbocycles. The smallest absolute Gasteiger partial charge is 0.306 e. The van der Waals surface area contributed by atoms with Crippen LogP contribution in [0.5, 0.6) is 0 Å². The summed E-state index contributed by atoms with van der Waals surface area (Å²) >= 11 is 0. The van der Waals surface area contributed by atoms with E-state index in [4.69, 9.17) is 18.9 Å². The highest BCUT2D eigenvalue weighted by atomic mass is 16.7. The van der Waals surface area contributed by atoms with Gasteiger partial charge in [0.15, 0.2) is 6.29 Å². The summed E-state index contributed by atoms with van der Waals surface area (Å²) in [6.07, 6.45) is 58.8. The second kappa shape index (κ2) is 47.2. The van der Waals surface area contributed by atoms with E-state index >= 15 is 0 Å². The first-order valence-corrected chi connectivity index (χ1v) is 26.3. The number of unbranched alkanes of at least 4 members (excludes halogenated alkanes) is 17. The van der Waals surface area contributed by atoms with E-state index < -0.39 is 43.4 Å². The Balaban J connectivity index is 2.22. The fraction of sp³-hybridized carbons (Fsp3) is 0.702. The first-order chi connectivity index (χ1) is 32.4. The second-order valence-corrected chi connectivity index (χ2v) is 17.6. The lowest BCUT2D eigenvalue weighted by Gasteiger charge is -2.39. The highest BCUT2D eigenvalue weighted by Crippen LogP contribution is 2.22. The van der Waals surface area contributed by atoms with Gasteiger partial charge in [-0.1, -0.05) is 195 Å². The molecule has 1 aliphatic heterocycles. The van der Waals surface area contributed by atoms with Gasteiger partial charge in [0.05, 0.1) is 19.8 Å². The van der Waals surface area contributed by atoms with Gasteiger partial charge in [0.1, 0.15) is 30.5 Å². The van der Waals surface area contributed by atoms with Gasteiger partial charge in [0.25, 0.3) is 0 Å². The van der Waals surface area contributed by atoms with Gasteiger partial charge in [0, 0.05) is 13.0 Å². The lowest BCUT2D eigenvalue weighted by molar-refractivity contribution is -0.305. The largest absolute Gasteiger partial charge is 0.457 e. The first kappa shape index (κ1) is 61.1. The number of esters is 1. The van der Waals surface area contributed by atoms with Crippen molar-refractivity contribution in [3.8, 4) is 0 Å².